The lowest BCUT2D eigenvalue weighted by Gasteiger charge is -2.04. The Morgan fingerprint density at radius 3 is 2.72 bits per heavy atom. The van der Waals surface area contributed by atoms with E-state index in [1.165, 1.54) is 11.3 Å². The van der Waals surface area contributed by atoms with Crippen LogP contribution in [0, 0.1) is 13.8 Å². The molecule has 8 heteroatoms. The molecule has 0 aliphatic heterocycles. The van der Waals surface area contributed by atoms with Crippen LogP contribution in [0.25, 0.3) is 11.3 Å². The molecule has 0 unspecified atom stereocenters. The van der Waals surface area contributed by atoms with E-state index >= 15 is 0 Å². The zero-order chi connectivity index (χ0) is 18.1. The maximum atomic E-state index is 12.5. The van der Waals surface area contributed by atoms with Gasteiger partial charge in [-0.2, -0.15) is 0 Å². The van der Waals surface area contributed by atoms with Gasteiger partial charge >= 0.3 is 0 Å². The van der Waals surface area contributed by atoms with Crippen LogP contribution in [0.15, 0.2) is 32.5 Å². The van der Waals surface area contributed by atoms with Crippen LogP contribution in [-0.2, 0) is 0 Å². The average Bonchev–Trinajstić information content (AvgIpc) is 3.12. The minimum absolute atomic E-state index is 0.269. The summed E-state index contributed by atoms with van der Waals surface area (Å²) in [6, 6.07) is 5.43. The number of rotatable bonds is 4. The van der Waals surface area contributed by atoms with Gasteiger partial charge in [0, 0.05) is 10.9 Å². The van der Waals surface area contributed by atoms with Crippen LogP contribution in [0.1, 0.15) is 21.9 Å². The Hall–Kier alpha value is -1.83. The number of furan rings is 1. The first-order valence-corrected chi connectivity index (χ1v) is 9.32. The first-order chi connectivity index (χ1) is 11.9. The van der Waals surface area contributed by atoms with Crippen molar-refractivity contribution in [3.05, 3.63) is 50.2 Å². The van der Waals surface area contributed by atoms with Crippen molar-refractivity contribution in [2.45, 2.75) is 13.8 Å². The van der Waals surface area contributed by atoms with Crippen LogP contribution < -0.4 is 10.1 Å². The summed E-state index contributed by atoms with van der Waals surface area (Å²) in [5.74, 6) is 1.55. The summed E-state index contributed by atoms with van der Waals surface area (Å²) in [6.07, 6.45) is 0. The van der Waals surface area contributed by atoms with Crippen LogP contribution in [-0.4, -0.2) is 18.0 Å². The number of nitrogens with zero attached hydrogens (tertiary/aromatic N) is 1. The van der Waals surface area contributed by atoms with E-state index in [1.807, 2.05) is 11.4 Å². The summed E-state index contributed by atoms with van der Waals surface area (Å²) in [6.45, 7) is 3.54. The van der Waals surface area contributed by atoms with Crippen LogP contribution in [0.2, 0.25) is 5.02 Å². The molecule has 3 rings (SSSR count). The lowest BCUT2D eigenvalue weighted by Crippen LogP contribution is -2.12. The number of methoxy groups -OCH3 is 1. The molecule has 0 bridgehead atoms. The van der Waals surface area contributed by atoms with Gasteiger partial charge < -0.3 is 9.15 Å². The van der Waals surface area contributed by atoms with Gasteiger partial charge in [0.05, 0.1) is 27.9 Å². The smallest absolute Gasteiger partial charge is 0.262 e. The molecule has 1 amide bonds. The molecule has 0 aliphatic carbocycles. The summed E-state index contributed by atoms with van der Waals surface area (Å²) in [4.78, 5) is 16.9. The number of aromatic nitrogens is 1. The van der Waals surface area contributed by atoms with Gasteiger partial charge in [-0.3, -0.25) is 10.1 Å². The van der Waals surface area contributed by atoms with Crippen molar-refractivity contribution in [3.63, 3.8) is 0 Å². The van der Waals surface area contributed by atoms with E-state index in [1.54, 1.807) is 33.1 Å². The second-order valence-corrected chi connectivity index (χ2v) is 7.30. The van der Waals surface area contributed by atoms with Crippen LogP contribution in [0.4, 0.5) is 5.13 Å². The molecule has 0 saturated heterocycles. The van der Waals surface area contributed by atoms with Crippen molar-refractivity contribution in [3.8, 4) is 17.0 Å². The molecule has 0 saturated carbocycles. The molecule has 0 atom stereocenters. The summed E-state index contributed by atoms with van der Waals surface area (Å²) >= 11 is 10.9. The largest absolute Gasteiger partial charge is 0.495 e. The number of amides is 1. The van der Waals surface area contributed by atoms with E-state index in [9.17, 15) is 4.79 Å². The molecule has 1 N–H and O–H groups in total. The minimum atomic E-state index is -0.269. The SMILES string of the molecule is COc1ccc(-c2csc(NC(=O)c3c(C)oc(C)c3Br)n2)cc1Cl. The van der Waals surface area contributed by atoms with Crippen molar-refractivity contribution >= 4 is 49.9 Å². The fourth-order valence-electron chi connectivity index (χ4n) is 2.36. The molecule has 0 spiro atoms. The average molecular weight is 442 g/mol. The fourth-order valence-corrected chi connectivity index (χ4v) is 3.88. The number of ether oxygens (including phenoxy) is 1. The van der Waals surface area contributed by atoms with Gasteiger partial charge in [-0.15, -0.1) is 11.3 Å². The number of carbonyl (C=O) groups is 1. The molecule has 5 nitrogen and oxygen atoms in total. The van der Waals surface area contributed by atoms with Gasteiger partial charge in [0.25, 0.3) is 5.91 Å². The van der Waals surface area contributed by atoms with E-state index < -0.39 is 0 Å². The van der Waals surface area contributed by atoms with Crippen molar-refractivity contribution in [1.29, 1.82) is 0 Å². The Morgan fingerprint density at radius 1 is 1.36 bits per heavy atom. The third-order valence-corrected chi connectivity index (χ3v) is 5.59. The van der Waals surface area contributed by atoms with Crippen molar-refractivity contribution in [2.75, 3.05) is 12.4 Å². The number of aryl methyl sites for hydroxylation is 2. The van der Waals surface area contributed by atoms with Gasteiger partial charge in [0.1, 0.15) is 17.3 Å². The maximum Gasteiger partial charge on any atom is 0.262 e. The molecule has 130 valence electrons. The third-order valence-electron chi connectivity index (χ3n) is 3.59. The number of hydrogen-bond acceptors (Lipinski definition) is 5. The normalized spacial score (nSPS) is 10.8. The summed E-state index contributed by atoms with van der Waals surface area (Å²) in [7, 11) is 1.56. The number of halogens is 2. The standard InChI is InChI=1S/C17H14BrClN2O3S/c1-8-14(15(18)9(2)24-8)16(22)21-17-20-12(7-25-17)10-4-5-13(23-3)11(19)6-10/h4-7H,1-3H3,(H,20,21,22). The van der Waals surface area contributed by atoms with E-state index in [-0.39, 0.29) is 5.91 Å². The molecule has 2 aromatic heterocycles. The fraction of sp³-hybridized carbons (Fsp3) is 0.176. The number of anilines is 1. The molecule has 0 fully saturated rings. The Balaban J connectivity index is 1.82. The van der Waals surface area contributed by atoms with Crippen LogP contribution >= 0.6 is 38.9 Å². The molecule has 25 heavy (non-hydrogen) atoms. The Bertz CT molecular complexity index is 952. The van der Waals surface area contributed by atoms with E-state index in [4.69, 9.17) is 20.8 Å². The highest BCUT2D eigenvalue weighted by molar-refractivity contribution is 9.10. The Kier molecular flexibility index (Phi) is 5.17. The van der Waals surface area contributed by atoms with Crippen molar-refractivity contribution in [1.82, 2.24) is 4.98 Å². The zero-order valence-corrected chi connectivity index (χ0v) is 16.8. The van der Waals surface area contributed by atoms with Crippen LogP contribution in [0.5, 0.6) is 5.75 Å². The van der Waals surface area contributed by atoms with Gasteiger partial charge in [-0.1, -0.05) is 11.6 Å². The zero-order valence-electron chi connectivity index (χ0n) is 13.6. The Morgan fingerprint density at radius 2 is 2.12 bits per heavy atom. The molecule has 0 aliphatic rings. The number of benzene rings is 1. The topological polar surface area (TPSA) is 64.4 Å². The predicted molar refractivity (Wildman–Crippen MR) is 103 cm³/mol. The lowest BCUT2D eigenvalue weighted by atomic mass is 10.2. The van der Waals surface area contributed by atoms with Gasteiger partial charge in [-0.25, -0.2) is 4.98 Å². The predicted octanol–water partition coefficient (Wildman–Crippen LogP) is 5.70. The third kappa shape index (κ3) is 3.58. The monoisotopic (exact) mass is 440 g/mol. The van der Waals surface area contributed by atoms with E-state index in [0.717, 1.165) is 11.3 Å². The number of carbonyl (C=O) groups excluding carboxylic acids is 1. The second-order valence-electron chi connectivity index (χ2n) is 5.24. The van der Waals surface area contributed by atoms with Gasteiger partial charge in [0.2, 0.25) is 0 Å². The quantitative estimate of drug-likeness (QED) is 0.564. The maximum absolute atomic E-state index is 12.5. The van der Waals surface area contributed by atoms with Crippen molar-refractivity contribution in [2.24, 2.45) is 0 Å². The first-order valence-electron chi connectivity index (χ1n) is 7.27. The first kappa shape index (κ1) is 18.0. The van der Waals surface area contributed by atoms with Crippen molar-refractivity contribution < 1.29 is 13.9 Å². The molecule has 2 heterocycles. The molecule has 1 aromatic carbocycles. The molecule has 3 aromatic rings. The molecular formula is C17H14BrClN2O3S. The number of thiazole rings is 1. The molecule has 0 radical (unpaired) electrons. The van der Waals surface area contributed by atoms with Gasteiger partial charge in [0.15, 0.2) is 5.13 Å². The minimum Gasteiger partial charge on any atom is -0.495 e. The summed E-state index contributed by atoms with van der Waals surface area (Å²) in [5.41, 5.74) is 2.05. The summed E-state index contributed by atoms with van der Waals surface area (Å²) in [5, 5.41) is 5.66. The number of nitrogens with one attached hydrogen (secondary N) is 1. The lowest BCUT2D eigenvalue weighted by molar-refractivity contribution is 0.102. The molecular weight excluding hydrogens is 428 g/mol. The van der Waals surface area contributed by atoms with Crippen LogP contribution in [0.3, 0.4) is 0 Å². The number of hydrogen-bond donors (Lipinski definition) is 1. The highest BCUT2D eigenvalue weighted by Gasteiger charge is 2.21. The van der Waals surface area contributed by atoms with E-state index in [0.29, 0.717) is 37.5 Å². The highest BCUT2D eigenvalue weighted by atomic mass is 79.9. The highest BCUT2D eigenvalue weighted by Crippen LogP contribution is 2.32. The summed E-state index contributed by atoms with van der Waals surface area (Å²) < 4.78 is 11.3. The second kappa shape index (κ2) is 7.19. The Labute approximate surface area is 162 Å². The van der Waals surface area contributed by atoms with E-state index in [2.05, 4.69) is 26.2 Å². The van der Waals surface area contributed by atoms with Gasteiger partial charge in [-0.05, 0) is 48.0 Å².